The second-order valence-electron chi connectivity index (χ2n) is 5.11. The Morgan fingerprint density at radius 2 is 2.19 bits per heavy atom. The van der Waals surface area contributed by atoms with E-state index < -0.39 is 5.60 Å². The maximum atomic E-state index is 10.5. The standard InChI is InChI=1S/C14H21NO/c1-2-12-5-7-14(16,8-6-12)10-13-4-3-9-15-11-13/h3-4,9,11-12,16H,2,5-8,10H2,1H3. The molecule has 1 saturated carbocycles. The van der Waals surface area contributed by atoms with Crippen LogP contribution in [-0.4, -0.2) is 15.7 Å². The van der Waals surface area contributed by atoms with Gasteiger partial charge in [-0.05, 0) is 43.2 Å². The summed E-state index contributed by atoms with van der Waals surface area (Å²) in [4.78, 5) is 4.10. The van der Waals surface area contributed by atoms with Gasteiger partial charge in [-0.25, -0.2) is 0 Å². The zero-order valence-electron chi connectivity index (χ0n) is 10.0. The first kappa shape index (κ1) is 11.6. The van der Waals surface area contributed by atoms with Gasteiger partial charge in [0.05, 0.1) is 5.60 Å². The maximum Gasteiger partial charge on any atom is 0.0688 e. The third-order valence-corrected chi connectivity index (χ3v) is 3.87. The summed E-state index contributed by atoms with van der Waals surface area (Å²) in [7, 11) is 0. The minimum absolute atomic E-state index is 0.477. The van der Waals surface area contributed by atoms with E-state index in [-0.39, 0.29) is 0 Å². The second kappa shape index (κ2) is 4.96. The van der Waals surface area contributed by atoms with Crippen LogP contribution >= 0.6 is 0 Å². The average Bonchev–Trinajstić information content (AvgIpc) is 2.31. The monoisotopic (exact) mass is 219 g/mol. The highest BCUT2D eigenvalue weighted by molar-refractivity contribution is 5.12. The van der Waals surface area contributed by atoms with Gasteiger partial charge in [0.2, 0.25) is 0 Å². The number of aromatic nitrogens is 1. The summed E-state index contributed by atoms with van der Waals surface area (Å²) in [6.45, 7) is 2.25. The molecule has 1 aromatic heterocycles. The molecular weight excluding hydrogens is 198 g/mol. The lowest BCUT2D eigenvalue weighted by molar-refractivity contribution is -0.00927. The SMILES string of the molecule is CCC1CCC(O)(Cc2cccnc2)CC1. The molecular formula is C14H21NO. The highest BCUT2D eigenvalue weighted by Gasteiger charge is 2.32. The molecule has 1 aliphatic carbocycles. The van der Waals surface area contributed by atoms with E-state index in [2.05, 4.69) is 18.0 Å². The van der Waals surface area contributed by atoms with Crippen LogP contribution in [0.3, 0.4) is 0 Å². The Bertz CT molecular complexity index is 315. The fourth-order valence-electron chi connectivity index (χ4n) is 2.68. The van der Waals surface area contributed by atoms with Gasteiger partial charge < -0.3 is 5.11 Å². The molecule has 0 aromatic carbocycles. The van der Waals surface area contributed by atoms with E-state index in [0.29, 0.717) is 0 Å². The summed E-state index contributed by atoms with van der Waals surface area (Å²) in [5, 5.41) is 10.5. The van der Waals surface area contributed by atoms with Crippen molar-refractivity contribution in [2.75, 3.05) is 0 Å². The predicted octanol–water partition coefficient (Wildman–Crippen LogP) is 2.96. The summed E-state index contributed by atoms with van der Waals surface area (Å²) >= 11 is 0. The van der Waals surface area contributed by atoms with Gasteiger partial charge in [-0.15, -0.1) is 0 Å². The summed E-state index contributed by atoms with van der Waals surface area (Å²) in [5.41, 5.74) is 0.675. The predicted molar refractivity (Wildman–Crippen MR) is 65.1 cm³/mol. The largest absolute Gasteiger partial charge is 0.390 e. The Morgan fingerprint density at radius 3 is 2.75 bits per heavy atom. The van der Waals surface area contributed by atoms with Crippen LogP contribution in [0.25, 0.3) is 0 Å². The van der Waals surface area contributed by atoms with Crippen LogP contribution in [0.15, 0.2) is 24.5 Å². The highest BCUT2D eigenvalue weighted by atomic mass is 16.3. The Kier molecular flexibility index (Phi) is 3.59. The quantitative estimate of drug-likeness (QED) is 0.848. The van der Waals surface area contributed by atoms with Crippen LogP contribution in [0.2, 0.25) is 0 Å². The molecule has 0 unspecified atom stereocenters. The molecule has 0 amide bonds. The Balaban J connectivity index is 1.95. The van der Waals surface area contributed by atoms with Gasteiger partial charge in [0.15, 0.2) is 0 Å². The van der Waals surface area contributed by atoms with Gasteiger partial charge in [-0.1, -0.05) is 19.4 Å². The maximum absolute atomic E-state index is 10.5. The first-order chi connectivity index (χ1) is 7.72. The number of nitrogens with zero attached hydrogens (tertiary/aromatic N) is 1. The van der Waals surface area contributed by atoms with Gasteiger partial charge in [0, 0.05) is 18.8 Å². The van der Waals surface area contributed by atoms with Crippen molar-refractivity contribution in [1.82, 2.24) is 4.98 Å². The minimum atomic E-state index is -0.477. The van der Waals surface area contributed by atoms with E-state index in [1.807, 2.05) is 12.3 Å². The molecule has 0 aliphatic heterocycles. The van der Waals surface area contributed by atoms with Crippen LogP contribution < -0.4 is 0 Å². The smallest absolute Gasteiger partial charge is 0.0688 e. The van der Waals surface area contributed by atoms with E-state index >= 15 is 0 Å². The lowest BCUT2D eigenvalue weighted by Gasteiger charge is -2.35. The van der Waals surface area contributed by atoms with Gasteiger partial charge in [-0.2, -0.15) is 0 Å². The fraction of sp³-hybridized carbons (Fsp3) is 0.643. The van der Waals surface area contributed by atoms with Crippen molar-refractivity contribution in [2.45, 2.75) is 51.0 Å². The molecule has 0 radical (unpaired) electrons. The number of aliphatic hydroxyl groups is 1. The van der Waals surface area contributed by atoms with Crippen molar-refractivity contribution < 1.29 is 5.11 Å². The van der Waals surface area contributed by atoms with Crippen LogP contribution in [0.5, 0.6) is 0 Å². The molecule has 0 bridgehead atoms. The van der Waals surface area contributed by atoms with Crippen molar-refractivity contribution in [3.8, 4) is 0 Å². The third kappa shape index (κ3) is 2.82. The molecule has 0 spiro atoms. The molecule has 1 aromatic rings. The molecule has 88 valence electrons. The van der Waals surface area contributed by atoms with E-state index in [1.54, 1.807) is 6.20 Å². The molecule has 16 heavy (non-hydrogen) atoms. The van der Waals surface area contributed by atoms with Crippen molar-refractivity contribution in [2.24, 2.45) is 5.92 Å². The number of pyridine rings is 1. The van der Waals surface area contributed by atoms with Crippen LogP contribution in [0, 0.1) is 5.92 Å². The van der Waals surface area contributed by atoms with E-state index in [1.165, 1.54) is 19.3 Å². The van der Waals surface area contributed by atoms with Gasteiger partial charge in [0.25, 0.3) is 0 Å². The van der Waals surface area contributed by atoms with Crippen LogP contribution in [-0.2, 0) is 6.42 Å². The lowest BCUT2D eigenvalue weighted by atomic mass is 9.75. The summed E-state index contributed by atoms with van der Waals surface area (Å²) in [6, 6.07) is 3.99. The molecule has 2 rings (SSSR count). The molecule has 1 fully saturated rings. The van der Waals surface area contributed by atoms with E-state index in [9.17, 15) is 5.11 Å². The molecule has 0 atom stereocenters. The van der Waals surface area contributed by atoms with Crippen LogP contribution in [0.4, 0.5) is 0 Å². The highest BCUT2D eigenvalue weighted by Crippen LogP contribution is 2.35. The van der Waals surface area contributed by atoms with E-state index in [4.69, 9.17) is 0 Å². The normalized spacial score (nSPS) is 30.2. The lowest BCUT2D eigenvalue weighted by Crippen LogP contribution is -2.36. The van der Waals surface area contributed by atoms with Crippen LogP contribution in [0.1, 0.15) is 44.6 Å². The minimum Gasteiger partial charge on any atom is -0.390 e. The zero-order chi connectivity index (χ0) is 11.4. The molecule has 2 heteroatoms. The van der Waals surface area contributed by atoms with Crippen molar-refractivity contribution in [3.05, 3.63) is 30.1 Å². The first-order valence-corrected chi connectivity index (χ1v) is 6.33. The summed E-state index contributed by atoms with van der Waals surface area (Å²) < 4.78 is 0. The van der Waals surface area contributed by atoms with Gasteiger partial charge in [-0.3, -0.25) is 4.98 Å². The Hall–Kier alpha value is -0.890. The number of hydrogen-bond donors (Lipinski definition) is 1. The molecule has 1 aliphatic rings. The van der Waals surface area contributed by atoms with Crippen molar-refractivity contribution in [3.63, 3.8) is 0 Å². The Morgan fingerprint density at radius 1 is 1.44 bits per heavy atom. The zero-order valence-corrected chi connectivity index (χ0v) is 10.0. The molecule has 1 heterocycles. The fourth-order valence-corrected chi connectivity index (χ4v) is 2.68. The number of rotatable bonds is 3. The van der Waals surface area contributed by atoms with Gasteiger partial charge >= 0.3 is 0 Å². The average molecular weight is 219 g/mol. The summed E-state index contributed by atoms with van der Waals surface area (Å²) in [5.74, 6) is 0.828. The third-order valence-electron chi connectivity index (χ3n) is 3.87. The van der Waals surface area contributed by atoms with Crippen molar-refractivity contribution >= 4 is 0 Å². The molecule has 2 nitrogen and oxygen atoms in total. The first-order valence-electron chi connectivity index (χ1n) is 6.33. The molecule has 0 saturated heterocycles. The van der Waals surface area contributed by atoms with E-state index in [0.717, 1.165) is 30.7 Å². The molecule has 1 N–H and O–H groups in total. The Labute approximate surface area is 97.7 Å². The van der Waals surface area contributed by atoms with Crippen molar-refractivity contribution in [1.29, 1.82) is 0 Å². The second-order valence-corrected chi connectivity index (χ2v) is 5.11. The topological polar surface area (TPSA) is 33.1 Å². The van der Waals surface area contributed by atoms with Gasteiger partial charge in [0.1, 0.15) is 0 Å². The number of hydrogen-bond acceptors (Lipinski definition) is 2. The summed E-state index contributed by atoms with van der Waals surface area (Å²) in [6.07, 6.45) is 9.90.